The third-order valence-electron chi connectivity index (χ3n) is 5.64. The van der Waals surface area contributed by atoms with E-state index in [9.17, 15) is 0 Å². The van der Waals surface area contributed by atoms with Crippen molar-refractivity contribution in [3.05, 3.63) is 59.1 Å². The van der Waals surface area contributed by atoms with Crippen LogP contribution < -0.4 is 10.1 Å². The summed E-state index contributed by atoms with van der Waals surface area (Å²) in [6.07, 6.45) is 4.57. The van der Waals surface area contributed by atoms with E-state index in [4.69, 9.17) is 9.72 Å². The molecule has 2 heterocycles. The molecule has 0 aliphatic carbocycles. The number of benzene rings is 2. The van der Waals surface area contributed by atoms with Crippen molar-refractivity contribution in [2.24, 2.45) is 0 Å². The Morgan fingerprint density at radius 3 is 2.79 bits per heavy atom. The molecule has 0 radical (unpaired) electrons. The van der Waals surface area contributed by atoms with Crippen molar-refractivity contribution >= 4 is 21.6 Å². The van der Waals surface area contributed by atoms with E-state index in [1.54, 1.807) is 11.3 Å². The van der Waals surface area contributed by atoms with Crippen LogP contribution in [0.1, 0.15) is 49.2 Å². The lowest BCUT2D eigenvalue weighted by molar-refractivity contribution is 0.229. The Morgan fingerprint density at radius 1 is 1.17 bits per heavy atom. The summed E-state index contributed by atoms with van der Waals surface area (Å²) in [5, 5.41) is 5.07. The third kappa shape index (κ3) is 5.16. The van der Waals surface area contributed by atoms with E-state index in [1.165, 1.54) is 23.1 Å². The predicted molar refractivity (Wildman–Crippen MR) is 122 cm³/mol. The second-order valence-corrected chi connectivity index (χ2v) is 9.03. The molecule has 2 aromatic carbocycles. The average molecular weight is 410 g/mol. The number of aromatic nitrogens is 1. The molecule has 1 N–H and O–H groups in total. The highest BCUT2D eigenvalue weighted by Gasteiger charge is 2.25. The topological polar surface area (TPSA) is 37.4 Å². The molecule has 1 unspecified atom stereocenters. The van der Waals surface area contributed by atoms with E-state index in [0.717, 1.165) is 48.8 Å². The van der Waals surface area contributed by atoms with Crippen molar-refractivity contribution in [3.63, 3.8) is 0 Å². The third-order valence-corrected chi connectivity index (χ3v) is 6.74. The number of unbranched alkanes of at least 4 members (excludes halogenated alkanes) is 1. The highest BCUT2D eigenvalue weighted by atomic mass is 32.1. The molecule has 1 saturated heterocycles. The van der Waals surface area contributed by atoms with Crippen molar-refractivity contribution < 1.29 is 4.74 Å². The maximum atomic E-state index is 5.98. The fraction of sp³-hybridized carbons (Fsp3) is 0.458. The number of thiazole rings is 1. The first kappa shape index (κ1) is 20.3. The van der Waals surface area contributed by atoms with E-state index < -0.39 is 0 Å². The molecule has 1 aliphatic heterocycles. The van der Waals surface area contributed by atoms with Crippen LogP contribution in [0.5, 0.6) is 5.75 Å². The number of likely N-dealkylation sites (tertiary alicyclic amines) is 1. The van der Waals surface area contributed by atoms with E-state index >= 15 is 0 Å². The van der Waals surface area contributed by atoms with Gasteiger partial charge in [-0.15, -0.1) is 11.3 Å². The first-order valence-corrected chi connectivity index (χ1v) is 11.6. The zero-order chi connectivity index (χ0) is 20.1. The number of hydrogen-bond donors (Lipinski definition) is 1. The lowest BCUT2D eigenvalue weighted by Crippen LogP contribution is -2.42. The van der Waals surface area contributed by atoms with E-state index in [2.05, 4.69) is 72.7 Å². The largest absolute Gasteiger partial charge is 0.494 e. The van der Waals surface area contributed by atoms with E-state index in [0.29, 0.717) is 6.04 Å². The maximum Gasteiger partial charge on any atom is 0.119 e. The molecule has 1 aliphatic rings. The zero-order valence-electron chi connectivity index (χ0n) is 17.4. The monoisotopic (exact) mass is 409 g/mol. The van der Waals surface area contributed by atoms with Crippen LogP contribution in [-0.2, 0) is 0 Å². The van der Waals surface area contributed by atoms with Crippen molar-refractivity contribution in [1.29, 1.82) is 0 Å². The molecule has 5 heteroatoms. The zero-order valence-corrected chi connectivity index (χ0v) is 18.3. The summed E-state index contributed by atoms with van der Waals surface area (Å²) in [6, 6.07) is 17.6. The molecule has 4 rings (SSSR count). The van der Waals surface area contributed by atoms with E-state index in [-0.39, 0.29) is 6.04 Å². The predicted octanol–water partition coefficient (Wildman–Crippen LogP) is 5.25. The van der Waals surface area contributed by atoms with Gasteiger partial charge in [-0.3, -0.25) is 0 Å². The second kappa shape index (κ2) is 9.70. The summed E-state index contributed by atoms with van der Waals surface area (Å²) in [5.74, 6) is 0.951. The van der Waals surface area contributed by atoms with Crippen LogP contribution in [0.2, 0.25) is 0 Å². The Morgan fingerprint density at radius 2 is 2.00 bits per heavy atom. The van der Waals surface area contributed by atoms with Gasteiger partial charge in [0.15, 0.2) is 0 Å². The fourth-order valence-electron chi connectivity index (χ4n) is 3.85. The van der Waals surface area contributed by atoms with Crippen LogP contribution in [0, 0.1) is 0 Å². The molecule has 4 nitrogen and oxygen atoms in total. The van der Waals surface area contributed by atoms with Crippen LogP contribution in [0.4, 0.5) is 0 Å². The molecule has 1 fully saturated rings. The van der Waals surface area contributed by atoms with Crippen molar-refractivity contribution in [1.82, 2.24) is 15.2 Å². The Bertz CT molecular complexity index is 884. The standard InChI is InChI=1S/C24H31N3OS/c1-3-4-16-28-20-9-7-8-18(17-20)23(25-19-12-14-27(2)15-13-19)24-26-21-10-5-6-11-22(21)29-24/h5-11,17,19,23,25H,3-4,12-16H2,1-2H3. The summed E-state index contributed by atoms with van der Waals surface area (Å²) < 4.78 is 7.23. The van der Waals surface area contributed by atoms with Crippen LogP contribution in [0.3, 0.4) is 0 Å². The number of hydrogen-bond acceptors (Lipinski definition) is 5. The van der Waals surface area contributed by atoms with Gasteiger partial charge in [0.05, 0.1) is 22.9 Å². The normalized spacial score (nSPS) is 16.9. The van der Waals surface area contributed by atoms with Crippen molar-refractivity contribution in [2.75, 3.05) is 26.7 Å². The quantitative estimate of drug-likeness (QED) is 0.516. The van der Waals surface area contributed by atoms with Gasteiger partial charge in [0.25, 0.3) is 0 Å². The molecule has 3 aromatic rings. The minimum absolute atomic E-state index is 0.0931. The van der Waals surface area contributed by atoms with Gasteiger partial charge >= 0.3 is 0 Å². The Balaban J connectivity index is 1.61. The highest BCUT2D eigenvalue weighted by molar-refractivity contribution is 7.18. The van der Waals surface area contributed by atoms with Gasteiger partial charge in [0, 0.05) is 6.04 Å². The minimum Gasteiger partial charge on any atom is -0.494 e. The van der Waals surface area contributed by atoms with Crippen molar-refractivity contribution in [2.45, 2.75) is 44.7 Å². The Labute approximate surface area is 177 Å². The first-order valence-electron chi connectivity index (χ1n) is 10.8. The second-order valence-electron chi connectivity index (χ2n) is 7.97. The molecule has 0 bridgehead atoms. The molecule has 0 saturated carbocycles. The molecule has 0 spiro atoms. The molecular formula is C24H31N3OS. The smallest absolute Gasteiger partial charge is 0.119 e. The summed E-state index contributed by atoms with van der Waals surface area (Å²) in [7, 11) is 2.21. The highest BCUT2D eigenvalue weighted by Crippen LogP contribution is 2.32. The summed E-state index contributed by atoms with van der Waals surface area (Å²) in [5.41, 5.74) is 2.31. The van der Waals surface area contributed by atoms with Crippen molar-refractivity contribution in [3.8, 4) is 5.75 Å². The average Bonchev–Trinajstić information content (AvgIpc) is 3.17. The van der Waals surface area contributed by atoms with Crippen LogP contribution >= 0.6 is 11.3 Å². The molecule has 29 heavy (non-hydrogen) atoms. The van der Waals surface area contributed by atoms with Gasteiger partial charge in [0.1, 0.15) is 10.8 Å². The summed E-state index contributed by atoms with van der Waals surface area (Å²) in [6.45, 7) is 5.25. The minimum atomic E-state index is 0.0931. The molecular weight excluding hydrogens is 378 g/mol. The number of piperidine rings is 1. The maximum absolute atomic E-state index is 5.98. The van der Waals surface area contributed by atoms with Crippen LogP contribution in [0.15, 0.2) is 48.5 Å². The fourth-order valence-corrected chi connectivity index (χ4v) is 4.91. The number of fused-ring (bicyclic) bond motifs is 1. The van der Waals surface area contributed by atoms with Gasteiger partial charge in [-0.05, 0) is 69.2 Å². The van der Waals surface area contributed by atoms with Gasteiger partial charge in [-0.25, -0.2) is 4.98 Å². The van der Waals surface area contributed by atoms with Crippen LogP contribution in [-0.4, -0.2) is 42.7 Å². The SMILES string of the molecule is CCCCOc1cccc(C(NC2CCN(C)CC2)c2nc3ccccc3s2)c1. The lowest BCUT2D eigenvalue weighted by Gasteiger charge is -2.32. The van der Waals surface area contributed by atoms with Crippen LogP contribution in [0.25, 0.3) is 10.2 Å². The molecule has 1 atom stereocenters. The molecule has 154 valence electrons. The number of ether oxygens (including phenoxy) is 1. The van der Waals surface area contributed by atoms with Gasteiger partial charge < -0.3 is 15.0 Å². The molecule has 0 amide bonds. The molecule has 1 aromatic heterocycles. The van der Waals surface area contributed by atoms with E-state index in [1.807, 2.05) is 0 Å². The number of nitrogens with one attached hydrogen (secondary N) is 1. The summed E-state index contributed by atoms with van der Waals surface area (Å²) in [4.78, 5) is 7.39. The number of nitrogens with zero attached hydrogens (tertiary/aromatic N) is 2. The summed E-state index contributed by atoms with van der Waals surface area (Å²) >= 11 is 1.79. The van der Waals surface area contributed by atoms with Gasteiger partial charge in [0.2, 0.25) is 0 Å². The lowest BCUT2D eigenvalue weighted by atomic mass is 10.0. The van der Waals surface area contributed by atoms with Gasteiger partial charge in [-0.2, -0.15) is 0 Å². The number of para-hydroxylation sites is 1. The first-order chi connectivity index (χ1) is 14.2. The number of rotatable bonds is 8. The van der Waals surface area contributed by atoms with Gasteiger partial charge in [-0.1, -0.05) is 37.6 Å². The Hall–Kier alpha value is -1.95. The Kier molecular flexibility index (Phi) is 6.80.